The zero-order valence-electron chi connectivity index (χ0n) is 15.1. The van der Waals surface area contributed by atoms with Gasteiger partial charge >= 0.3 is 0 Å². The summed E-state index contributed by atoms with van der Waals surface area (Å²) in [5.74, 6) is 0.767. The second kappa shape index (κ2) is 8.36. The maximum absolute atomic E-state index is 13.8. The maximum Gasteiger partial charge on any atom is 0.206 e. The SMILES string of the molecule is Cl.[C-]#[N+]c1ccc(Cn2c(N3CC[C@H](F)[C@H](N)C3)nc3ccc(Cl)cc32)cc1. The van der Waals surface area contributed by atoms with Gasteiger partial charge in [0.2, 0.25) is 5.95 Å². The summed E-state index contributed by atoms with van der Waals surface area (Å²) in [4.78, 5) is 10.2. The van der Waals surface area contributed by atoms with Crippen LogP contribution in [0, 0.1) is 6.57 Å². The predicted octanol–water partition coefficient (Wildman–Crippen LogP) is 4.59. The quantitative estimate of drug-likeness (QED) is 0.631. The molecule has 1 aliphatic heterocycles. The summed E-state index contributed by atoms with van der Waals surface area (Å²) >= 11 is 6.21. The van der Waals surface area contributed by atoms with Gasteiger partial charge in [-0.15, -0.1) is 12.4 Å². The highest BCUT2D eigenvalue weighted by molar-refractivity contribution is 6.31. The zero-order valence-corrected chi connectivity index (χ0v) is 16.6. The summed E-state index contributed by atoms with van der Waals surface area (Å²) in [5, 5.41) is 0.637. The monoisotopic (exact) mass is 419 g/mol. The molecule has 8 heteroatoms. The average Bonchev–Trinajstić information content (AvgIpc) is 3.02. The number of hydrogen-bond donors (Lipinski definition) is 1. The minimum atomic E-state index is -0.977. The molecule has 146 valence electrons. The minimum Gasteiger partial charge on any atom is -0.340 e. The molecule has 1 saturated heterocycles. The summed E-state index contributed by atoms with van der Waals surface area (Å²) in [6.45, 7) is 8.67. The summed E-state index contributed by atoms with van der Waals surface area (Å²) in [5.41, 5.74) is 9.37. The van der Waals surface area contributed by atoms with Crippen LogP contribution < -0.4 is 10.6 Å². The number of imidazole rings is 1. The Hall–Kier alpha value is -2.33. The Morgan fingerprint density at radius 2 is 2.00 bits per heavy atom. The van der Waals surface area contributed by atoms with Crippen molar-refractivity contribution in [3.63, 3.8) is 0 Å². The first-order chi connectivity index (χ1) is 13.0. The van der Waals surface area contributed by atoms with E-state index in [-0.39, 0.29) is 12.4 Å². The summed E-state index contributed by atoms with van der Waals surface area (Å²) in [7, 11) is 0. The van der Waals surface area contributed by atoms with E-state index < -0.39 is 12.2 Å². The first-order valence-corrected chi connectivity index (χ1v) is 9.20. The highest BCUT2D eigenvalue weighted by Crippen LogP contribution is 2.29. The summed E-state index contributed by atoms with van der Waals surface area (Å²) in [6.07, 6.45) is -0.583. The fraction of sp³-hybridized carbons (Fsp3) is 0.300. The van der Waals surface area contributed by atoms with Crippen molar-refractivity contribution in [2.45, 2.75) is 25.2 Å². The van der Waals surface area contributed by atoms with Gasteiger partial charge in [-0.2, -0.15) is 0 Å². The number of piperidine rings is 1. The molecular formula is C20H20Cl2FN5. The van der Waals surface area contributed by atoms with Crippen LogP contribution in [0.1, 0.15) is 12.0 Å². The van der Waals surface area contributed by atoms with Gasteiger partial charge < -0.3 is 15.2 Å². The molecule has 2 atom stereocenters. The van der Waals surface area contributed by atoms with Crippen LogP contribution in [0.3, 0.4) is 0 Å². The highest BCUT2D eigenvalue weighted by Gasteiger charge is 2.29. The molecule has 4 rings (SSSR count). The number of nitrogens with zero attached hydrogens (tertiary/aromatic N) is 4. The van der Waals surface area contributed by atoms with E-state index >= 15 is 0 Å². The van der Waals surface area contributed by atoms with Gasteiger partial charge in [0.15, 0.2) is 5.69 Å². The lowest BCUT2D eigenvalue weighted by molar-refractivity contribution is 0.243. The maximum atomic E-state index is 13.8. The third kappa shape index (κ3) is 3.93. The Morgan fingerprint density at radius 1 is 1.25 bits per heavy atom. The van der Waals surface area contributed by atoms with Crippen LogP contribution in [0.4, 0.5) is 16.0 Å². The number of alkyl halides is 1. The van der Waals surface area contributed by atoms with Crippen LogP contribution in [-0.2, 0) is 6.54 Å². The van der Waals surface area contributed by atoms with Gasteiger partial charge in [0.05, 0.1) is 30.2 Å². The molecule has 0 bridgehead atoms. The molecule has 2 N–H and O–H groups in total. The Labute approximate surface area is 174 Å². The van der Waals surface area contributed by atoms with E-state index in [0.29, 0.717) is 36.8 Å². The summed E-state index contributed by atoms with van der Waals surface area (Å²) < 4.78 is 15.9. The molecule has 0 amide bonds. The van der Waals surface area contributed by atoms with Gasteiger partial charge in [-0.1, -0.05) is 35.9 Å². The van der Waals surface area contributed by atoms with Crippen LogP contribution in [0.5, 0.6) is 0 Å². The van der Waals surface area contributed by atoms with E-state index in [1.54, 1.807) is 12.1 Å². The van der Waals surface area contributed by atoms with Crippen LogP contribution in [0.2, 0.25) is 5.02 Å². The second-order valence-corrected chi connectivity index (χ2v) is 7.26. The van der Waals surface area contributed by atoms with Crippen molar-refractivity contribution in [2.75, 3.05) is 18.0 Å². The van der Waals surface area contributed by atoms with E-state index in [9.17, 15) is 4.39 Å². The van der Waals surface area contributed by atoms with Gasteiger partial charge in [0.1, 0.15) is 6.17 Å². The molecule has 0 aliphatic carbocycles. The fourth-order valence-electron chi connectivity index (χ4n) is 3.47. The Kier molecular flexibility index (Phi) is 6.09. The number of rotatable bonds is 3. The van der Waals surface area contributed by atoms with Gasteiger partial charge in [0.25, 0.3) is 0 Å². The first-order valence-electron chi connectivity index (χ1n) is 8.82. The van der Waals surface area contributed by atoms with Crippen molar-refractivity contribution in [3.05, 3.63) is 64.5 Å². The van der Waals surface area contributed by atoms with Crippen molar-refractivity contribution in [1.29, 1.82) is 0 Å². The molecule has 0 unspecified atom stereocenters. The highest BCUT2D eigenvalue weighted by atomic mass is 35.5. The molecule has 2 heterocycles. The molecule has 0 radical (unpaired) electrons. The molecule has 28 heavy (non-hydrogen) atoms. The standard InChI is InChI=1S/C20H19ClFN5.ClH/c1-24-15-5-2-13(3-6-15)11-27-19-10-14(21)4-7-18(19)25-20(27)26-9-8-16(22)17(23)12-26;/h2-7,10,16-17H,8-9,11-12,23H2;1H/t16-,17+;/m0./s1. The smallest absolute Gasteiger partial charge is 0.206 e. The molecule has 5 nitrogen and oxygen atoms in total. The zero-order chi connectivity index (χ0) is 19.0. The van der Waals surface area contributed by atoms with E-state index in [1.807, 2.05) is 35.2 Å². The van der Waals surface area contributed by atoms with Crippen LogP contribution in [-0.4, -0.2) is 34.9 Å². The van der Waals surface area contributed by atoms with Crippen molar-refractivity contribution in [2.24, 2.45) is 5.73 Å². The van der Waals surface area contributed by atoms with Gasteiger partial charge in [-0.05, 0) is 30.2 Å². The number of halogens is 3. The molecule has 3 aromatic rings. The number of nitrogens with two attached hydrogens (primary N) is 1. The molecular weight excluding hydrogens is 400 g/mol. The predicted molar refractivity (Wildman–Crippen MR) is 113 cm³/mol. The van der Waals surface area contributed by atoms with E-state index in [4.69, 9.17) is 28.9 Å². The van der Waals surface area contributed by atoms with E-state index in [2.05, 4.69) is 9.41 Å². The lowest BCUT2D eigenvalue weighted by atomic mass is 10.1. The molecule has 1 aromatic heterocycles. The van der Waals surface area contributed by atoms with E-state index in [0.717, 1.165) is 22.5 Å². The lowest BCUT2D eigenvalue weighted by Gasteiger charge is -2.34. The third-order valence-corrected chi connectivity index (χ3v) is 5.18. The van der Waals surface area contributed by atoms with Crippen molar-refractivity contribution in [1.82, 2.24) is 9.55 Å². The van der Waals surface area contributed by atoms with Crippen LogP contribution in [0.25, 0.3) is 15.9 Å². The molecule has 0 spiro atoms. The van der Waals surface area contributed by atoms with Gasteiger partial charge in [-0.25, -0.2) is 14.2 Å². The average molecular weight is 420 g/mol. The van der Waals surface area contributed by atoms with Crippen molar-refractivity contribution >= 4 is 46.7 Å². The first kappa shape index (κ1) is 20.4. The number of benzene rings is 2. The third-order valence-electron chi connectivity index (χ3n) is 4.95. The lowest BCUT2D eigenvalue weighted by Crippen LogP contribution is -2.50. The number of fused-ring (bicyclic) bond motifs is 1. The Morgan fingerprint density at radius 3 is 2.68 bits per heavy atom. The number of hydrogen-bond acceptors (Lipinski definition) is 3. The van der Waals surface area contributed by atoms with Crippen molar-refractivity contribution in [3.8, 4) is 0 Å². The largest absolute Gasteiger partial charge is 0.340 e. The van der Waals surface area contributed by atoms with Crippen LogP contribution in [0.15, 0.2) is 42.5 Å². The molecule has 2 aromatic carbocycles. The number of aromatic nitrogens is 2. The second-order valence-electron chi connectivity index (χ2n) is 6.82. The summed E-state index contributed by atoms with van der Waals surface area (Å²) in [6, 6.07) is 12.6. The minimum absolute atomic E-state index is 0. The number of anilines is 1. The van der Waals surface area contributed by atoms with Crippen molar-refractivity contribution < 1.29 is 4.39 Å². The molecule has 1 fully saturated rings. The fourth-order valence-corrected chi connectivity index (χ4v) is 3.64. The van der Waals surface area contributed by atoms with Gasteiger partial charge in [-0.3, -0.25) is 0 Å². The normalized spacial score (nSPS) is 19.3. The molecule has 0 saturated carbocycles. The topological polar surface area (TPSA) is 51.4 Å². The molecule has 1 aliphatic rings. The Bertz CT molecular complexity index is 1010. The van der Waals surface area contributed by atoms with Crippen LogP contribution >= 0.6 is 24.0 Å². The van der Waals surface area contributed by atoms with Gasteiger partial charge in [0, 0.05) is 18.1 Å². The Balaban J connectivity index is 0.00000225. The van der Waals surface area contributed by atoms with E-state index in [1.165, 1.54) is 0 Å².